The minimum atomic E-state index is -0.275. The Morgan fingerprint density at radius 1 is 1.47 bits per heavy atom. The minimum Gasteiger partial charge on any atom is -0.393 e. The lowest BCUT2D eigenvalue weighted by Gasteiger charge is -2.00. The van der Waals surface area contributed by atoms with Gasteiger partial charge in [-0.2, -0.15) is 0 Å². The summed E-state index contributed by atoms with van der Waals surface area (Å²) in [5.74, 6) is 0.0889. The van der Waals surface area contributed by atoms with Crippen molar-refractivity contribution in [3.05, 3.63) is 34.7 Å². The van der Waals surface area contributed by atoms with E-state index in [-0.39, 0.29) is 16.7 Å². The van der Waals surface area contributed by atoms with Crippen LogP contribution in [0.1, 0.15) is 5.56 Å². The van der Waals surface area contributed by atoms with E-state index in [4.69, 9.17) is 21.9 Å². The number of nitrogens with zero attached hydrogens (tertiary/aromatic N) is 1. The maximum Gasteiger partial charge on any atom is 0.195 e. The van der Waals surface area contributed by atoms with Crippen LogP contribution in [0, 0.1) is 12.7 Å². The number of nitrogens with two attached hydrogens (primary N) is 1. The van der Waals surface area contributed by atoms with Crippen molar-refractivity contribution < 1.29 is 8.91 Å². The lowest BCUT2D eigenvalue weighted by molar-refractivity contribution is 0.433. The molecule has 0 bridgehead atoms. The number of rotatable bonds is 1. The molecule has 0 saturated carbocycles. The molecule has 15 heavy (non-hydrogen) atoms. The van der Waals surface area contributed by atoms with E-state index in [0.717, 1.165) is 0 Å². The second-order valence-electron chi connectivity index (χ2n) is 3.18. The van der Waals surface area contributed by atoms with E-state index >= 15 is 0 Å². The highest BCUT2D eigenvalue weighted by molar-refractivity contribution is 6.32. The van der Waals surface area contributed by atoms with Crippen LogP contribution >= 0.6 is 11.6 Å². The SMILES string of the molecule is Cc1cc(-c2onc(Cl)c2N)ccc1F. The molecule has 1 aromatic heterocycles. The van der Waals surface area contributed by atoms with Crippen LogP contribution in [0.15, 0.2) is 22.7 Å². The monoisotopic (exact) mass is 226 g/mol. The van der Waals surface area contributed by atoms with E-state index in [9.17, 15) is 4.39 Å². The van der Waals surface area contributed by atoms with E-state index in [1.165, 1.54) is 6.07 Å². The Kier molecular flexibility index (Phi) is 2.36. The Bertz CT molecular complexity index is 510. The van der Waals surface area contributed by atoms with Gasteiger partial charge in [0, 0.05) is 5.56 Å². The summed E-state index contributed by atoms with van der Waals surface area (Å²) >= 11 is 5.65. The fourth-order valence-corrected chi connectivity index (χ4v) is 1.39. The average molecular weight is 227 g/mol. The summed E-state index contributed by atoms with van der Waals surface area (Å²) in [7, 11) is 0. The highest BCUT2D eigenvalue weighted by Gasteiger charge is 2.13. The van der Waals surface area contributed by atoms with Gasteiger partial charge in [0.1, 0.15) is 11.5 Å². The van der Waals surface area contributed by atoms with Crippen molar-refractivity contribution in [2.75, 3.05) is 5.73 Å². The first-order valence-electron chi connectivity index (χ1n) is 4.26. The van der Waals surface area contributed by atoms with Gasteiger partial charge in [-0.3, -0.25) is 0 Å². The van der Waals surface area contributed by atoms with Gasteiger partial charge in [0.25, 0.3) is 0 Å². The zero-order chi connectivity index (χ0) is 11.0. The van der Waals surface area contributed by atoms with Crippen LogP contribution in [-0.2, 0) is 0 Å². The number of anilines is 1. The molecule has 0 aliphatic carbocycles. The summed E-state index contributed by atoms with van der Waals surface area (Å²) in [6.45, 7) is 1.66. The van der Waals surface area contributed by atoms with E-state index < -0.39 is 0 Å². The highest BCUT2D eigenvalue weighted by atomic mass is 35.5. The molecule has 0 aliphatic rings. The second kappa shape index (κ2) is 3.55. The largest absolute Gasteiger partial charge is 0.393 e. The smallest absolute Gasteiger partial charge is 0.195 e. The van der Waals surface area contributed by atoms with E-state index in [1.54, 1.807) is 19.1 Å². The Labute approximate surface area is 90.6 Å². The van der Waals surface area contributed by atoms with E-state index in [2.05, 4.69) is 5.16 Å². The zero-order valence-electron chi connectivity index (χ0n) is 7.92. The number of hydrogen-bond acceptors (Lipinski definition) is 3. The molecule has 0 amide bonds. The predicted octanol–water partition coefficient (Wildman–Crippen LogP) is 3.02. The molecule has 2 N–H and O–H groups in total. The van der Waals surface area contributed by atoms with Crippen molar-refractivity contribution in [1.29, 1.82) is 0 Å². The zero-order valence-corrected chi connectivity index (χ0v) is 8.68. The molecule has 2 aromatic rings. The number of nitrogen functional groups attached to an aromatic ring is 1. The van der Waals surface area contributed by atoms with Gasteiger partial charge in [0.05, 0.1) is 0 Å². The fourth-order valence-electron chi connectivity index (χ4n) is 1.27. The Morgan fingerprint density at radius 3 is 2.73 bits per heavy atom. The predicted molar refractivity (Wildman–Crippen MR) is 56.1 cm³/mol. The molecule has 1 heterocycles. The van der Waals surface area contributed by atoms with Crippen LogP contribution in [0.3, 0.4) is 0 Å². The number of aromatic nitrogens is 1. The Morgan fingerprint density at radius 2 is 2.20 bits per heavy atom. The quantitative estimate of drug-likeness (QED) is 0.813. The average Bonchev–Trinajstić information content (AvgIpc) is 2.53. The third-order valence-corrected chi connectivity index (χ3v) is 2.38. The van der Waals surface area contributed by atoms with Crippen molar-refractivity contribution in [3.8, 4) is 11.3 Å². The molecule has 2 rings (SSSR count). The van der Waals surface area contributed by atoms with Crippen LogP contribution in [0.5, 0.6) is 0 Å². The number of benzene rings is 1. The summed E-state index contributed by atoms with van der Waals surface area (Å²) in [6, 6.07) is 4.54. The lowest BCUT2D eigenvalue weighted by Crippen LogP contribution is -1.88. The van der Waals surface area contributed by atoms with Crippen LogP contribution in [0.2, 0.25) is 5.15 Å². The first-order chi connectivity index (χ1) is 7.09. The van der Waals surface area contributed by atoms with Crippen LogP contribution in [-0.4, -0.2) is 5.16 Å². The van der Waals surface area contributed by atoms with Crippen molar-refractivity contribution >= 4 is 17.3 Å². The fraction of sp³-hybridized carbons (Fsp3) is 0.100. The third kappa shape index (κ3) is 1.68. The van der Waals surface area contributed by atoms with Gasteiger partial charge in [0.15, 0.2) is 10.9 Å². The van der Waals surface area contributed by atoms with E-state index in [1.807, 2.05) is 0 Å². The lowest BCUT2D eigenvalue weighted by atomic mass is 10.1. The molecule has 0 saturated heterocycles. The van der Waals surface area contributed by atoms with Gasteiger partial charge in [-0.1, -0.05) is 16.8 Å². The molecule has 5 heteroatoms. The second-order valence-corrected chi connectivity index (χ2v) is 3.54. The summed E-state index contributed by atoms with van der Waals surface area (Å²) in [5, 5.41) is 3.63. The van der Waals surface area contributed by atoms with Gasteiger partial charge >= 0.3 is 0 Å². The van der Waals surface area contributed by atoms with E-state index in [0.29, 0.717) is 16.9 Å². The molecule has 0 unspecified atom stereocenters. The summed E-state index contributed by atoms with van der Waals surface area (Å²) < 4.78 is 18.0. The molecule has 0 radical (unpaired) electrons. The molecule has 0 fully saturated rings. The summed E-state index contributed by atoms with van der Waals surface area (Å²) in [6.07, 6.45) is 0. The highest BCUT2D eigenvalue weighted by Crippen LogP contribution is 2.31. The molecule has 0 aliphatic heterocycles. The first-order valence-corrected chi connectivity index (χ1v) is 4.64. The summed E-state index contributed by atoms with van der Waals surface area (Å²) in [5.41, 5.74) is 7.08. The van der Waals surface area contributed by atoms with Gasteiger partial charge in [0.2, 0.25) is 0 Å². The molecule has 0 spiro atoms. The number of hydrogen-bond donors (Lipinski definition) is 1. The van der Waals surface area contributed by atoms with Crippen molar-refractivity contribution in [2.45, 2.75) is 6.92 Å². The molecule has 78 valence electrons. The number of halogens is 2. The van der Waals surface area contributed by atoms with Gasteiger partial charge in [-0.25, -0.2) is 4.39 Å². The third-order valence-electron chi connectivity index (χ3n) is 2.10. The standard InChI is InChI=1S/C10H8ClFN2O/c1-5-4-6(2-3-7(5)12)9-8(13)10(11)14-15-9/h2-4H,13H2,1H3. The maximum absolute atomic E-state index is 13.0. The normalized spacial score (nSPS) is 10.6. The van der Waals surface area contributed by atoms with Crippen LogP contribution < -0.4 is 5.73 Å². The van der Waals surface area contributed by atoms with Gasteiger partial charge in [-0.05, 0) is 30.7 Å². The maximum atomic E-state index is 13.0. The molecular formula is C10H8ClFN2O. The molecular weight excluding hydrogens is 219 g/mol. The Hall–Kier alpha value is -1.55. The molecule has 1 aromatic carbocycles. The van der Waals surface area contributed by atoms with Crippen LogP contribution in [0.25, 0.3) is 11.3 Å². The number of aryl methyl sites for hydroxylation is 1. The van der Waals surface area contributed by atoms with Crippen molar-refractivity contribution in [1.82, 2.24) is 5.16 Å². The van der Waals surface area contributed by atoms with Crippen LogP contribution in [0.4, 0.5) is 10.1 Å². The minimum absolute atomic E-state index is 0.118. The molecule has 3 nitrogen and oxygen atoms in total. The van der Waals surface area contributed by atoms with Crippen molar-refractivity contribution in [3.63, 3.8) is 0 Å². The summed E-state index contributed by atoms with van der Waals surface area (Å²) in [4.78, 5) is 0. The van der Waals surface area contributed by atoms with Gasteiger partial charge < -0.3 is 10.3 Å². The van der Waals surface area contributed by atoms with Gasteiger partial charge in [-0.15, -0.1) is 0 Å². The first kappa shape index (κ1) is 9.98. The van der Waals surface area contributed by atoms with Crippen molar-refractivity contribution in [2.24, 2.45) is 0 Å². The molecule has 0 atom stereocenters. The topological polar surface area (TPSA) is 52.0 Å². The Balaban J connectivity index is 2.55.